The summed E-state index contributed by atoms with van der Waals surface area (Å²) in [6, 6.07) is 10.0. The molecule has 0 aliphatic rings. The quantitative estimate of drug-likeness (QED) is 0.709. The number of nitrogens with zero attached hydrogens (tertiary/aromatic N) is 3. The Morgan fingerprint density at radius 2 is 1.72 bits per heavy atom. The second-order valence-corrected chi connectivity index (χ2v) is 4.59. The number of anilines is 1. The molecule has 0 saturated carbocycles. The lowest BCUT2D eigenvalue weighted by molar-refractivity contribution is 1.11. The second kappa shape index (κ2) is 3.84. The maximum atomic E-state index is 5.81. The van der Waals surface area contributed by atoms with Crippen LogP contribution in [-0.2, 0) is 0 Å². The summed E-state index contributed by atoms with van der Waals surface area (Å²) in [7, 11) is 0. The number of rotatable bonds is 1. The number of hydrogen-bond donors (Lipinski definition) is 1. The molecule has 90 valence electrons. The number of fused-ring (bicyclic) bond motifs is 1. The summed E-state index contributed by atoms with van der Waals surface area (Å²) in [4.78, 5) is 0. The van der Waals surface area contributed by atoms with Gasteiger partial charge in [-0.3, -0.25) is 4.40 Å². The van der Waals surface area contributed by atoms with Crippen LogP contribution in [0, 0.1) is 13.8 Å². The molecule has 0 unspecified atom stereocenters. The number of nitrogen functional groups attached to an aromatic ring is 1. The molecule has 0 aliphatic carbocycles. The average Bonchev–Trinajstić information content (AvgIpc) is 2.70. The zero-order valence-corrected chi connectivity index (χ0v) is 10.4. The Bertz CT molecular complexity index is 707. The Hall–Kier alpha value is -2.36. The van der Waals surface area contributed by atoms with E-state index in [0.717, 1.165) is 17.0 Å². The summed E-state index contributed by atoms with van der Waals surface area (Å²) in [5.74, 6) is 0.823. The molecule has 18 heavy (non-hydrogen) atoms. The van der Waals surface area contributed by atoms with Crippen molar-refractivity contribution in [3.63, 3.8) is 0 Å². The fourth-order valence-corrected chi connectivity index (χ4v) is 2.21. The summed E-state index contributed by atoms with van der Waals surface area (Å²) in [6.45, 7) is 4.15. The van der Waals surface area contributed by atoms with Crippen LogP contribution < -0.4 is 5.73 Å². The van der Waals surface area contributed by atoms with Gasteiger partial charge in [-0.05, 0) is 38.1 Å². The summed E-state index contributed by atoms with van der Waals surface area (Å²) in [5.41, 5.74) is 10.8. The van der Waals surface area contributed by atoms with Crippen LogP contribution in [0.25, 0.3) is 17.0 Å². The van der Waals surface area contributed by atoms with E-state index in [1.165, 1.54) is 11.1 Å². The molecule has 0 atom stereocenters. The maximum absolute atomic E-state index is 5.81. The lowest BCUT2D eigenvalue weighted by atomic mass is 10.1. The summed E-state index contributed by atoms with van der Waals surface area (Å²) in [6.07, 6.45) is 1.85. The molecule has 3 rings (SSSR count). The van der Waals surface area contributed by atoms with E-state index >= 15 is 0 Å². The van der Waals surface area contributed by atoms with E-state index in [4.69, 9.17) is 5.73 Å². The highest BCUT2D eigenvalue weighted by Crippen LogP contribution is 2.22. The number of pyridine rings is 1. The summed E-state index contributed by atoms with van der Waals surface area (Å²) < 4.78 is 1.92. The lowest BCUT2D eigenvalue weighted by Crippen LogP contribution is -1.93. The van der Waals surface area contributed by atoms with Crippen LogP contribution in [0.5, 0.6) is 0 Å². The Labute approximate surface area is 105 Å². The van der Waals surface area contributed by atoms with Crippen LogP contribution in [0.4, 0.5) is 5.69 Å². The molecule has 0 bridgehead atoms. The van der Waals surface area contributed by atoms with Crippen molar-refractivity contribution in [1.82, 2.24) is 14.6 Å². The van der Waals surface area contributed by atoms with Crippen LogP contribution in [-0.4, -0.2) is 14.6 Å². The van der Waals surface area contributed by atoms with Crippen molar-refractivity contribution in [3.8, 4) is 11.4 Å². The number of hydrogen-bond acceptors (Lipinski definition) is 3. The van der Waals surface area contributed by atoms with Crippen LogP contribution in [0.1, 0.15) is 11.1 Å². The summed E-state index contributed by atoms with van der Waals surface area (Å²) >= 11 is 0. The van der Waals surface area contributed by atoms with Crippen molar-refractivity contribution in [1.29, 1.82) is 0 Å². The molecular formula is C14H14N4. The fraction of sp³-hybridized carbons (Fsp3) is 0.143. The normalized spacial score (nSPS) is 11.0. The van der Waals surface area contributed by atoms with Crippen molar-refractivity contribution < 1.29 is 0 Å². The third-order valence-corrected chi connectivity index (χ3v) is 2.91. The van der Waals surface area contributed by atoms with Gasteiger partial charge in [-0.1, -0.05) is 17.2 Å². The number of aryl methyl sites for hydroxylation is 2. The van der Waals surface area contributed by atoms with Crippen molar-refractivity contribution in [2.45, 2.75) is 13.8 Å². The molecule has 4 nitrogen and oxygen atoms in total. The van der Waals surface area contributed by atoms with E-state index in [1.54, 1.807) is 0 Å². The molecule has 0 amide bonds. The molecule has 3 aromatic rings. The lowest BCUT2D eigenvalue weighted by Gasteiger charge is -2.04. The van der Waals surface area contributed by atoms with Gasteiger partial charge in [0.05, 0.1) is 0 Å². The van der Waals surface area contributed by atoms with Crippen molar-refractivity contribution in [3.05, 3.63) is 47.7 Å². The molecule has 0 radical (unpaired) electrons. The minimum absolute atomic E-state index is 0.702. The molecular weight excluding hydrogens is 224 g/mol. The van der Waals surface area contributed by atoms with Crippen molar-refractivity contribution >= 4 is 11.3 Å². The third kappa shape index (κ3) is 1.72. The van der Waals surface area contributed by atoms with Gasteiger partial charge in [-0.15, -0.1) is 10.2 Å². The molecule has 1 aromatic carbocycles. The van der Waals surface area contributed by atoms with Crippen LogP contribution in [0.2, 0.25) is 0 Å². The van der Waals surface area contributed by atoms with Gasteiger partial charge in [0.2, 0.25) is 0 Å². The molecule has 2 heterocycles. The van der Waals surface area contributed by atoms with E-state index in [0.29, 0.717) is 5.69 Å². The number of nitrogens with two attached hydrogens (primary N) is 1. The van der Waals surface area contributed by atoms with Crippen LogP contribution >= 0.6 is 0 Å². The topological polar surface area (TPSA) is 56.2 Å². The maximum Gasteiger partial charge on any atom is 0.168 e. The highest BCUT2D eigenvalue weighted by atomic mass is 15.2. The molecule has 0 spiro atoms. The van der Waals surface area contributed by atoms with Crippen LogP contribution in [0.15, 0.2) is 36.5 Å². The smallest absolute Gasteiger partial charge is 0.168 e. The van der Waals surface area contributed by atoms with Gasteiger partial charge in [0.1, 0.15) is 0 Å². The third-order valence-electron chi connectivity index (χ3n) is 2.91. The molecule has 4 heteroatoms. The monoisotopic (exact) mass is 238 g/mol. The molecule has 2 aromatic heterocycles. The molecule has 0 fully saturated rings. The Kier molecular flexibility index (Phi) is 2.30. The van der Waals surface area contributed by atoms with Gasteiger partial charge in [0.15, 0.2) is 11.5 Å². The largest absolute Gasteiger partial charge is 0.398 e. The Balaban J connectivity index is 2.27. The van der Waals surface area contributed by atoms with E-state index < -0.39 is 0 Å². The van der Waals surface area contributed by atoms with Gasteiger partial charge < -0.3 is 5.73 Å². The highest BCUT2D eigenvalue weighted by molar-refractivity contribution is 5.62. The van der Waals surface area contributed by atoms with E-state index in [-0.39, 0.29) is 0 Å². The highest BCUT2D eigenvalue weighted by Gasteiger charge is 2.08. The fourth-order valence-electron chi connectivity index (χ4n) is 2.21. The predicted octanol–water partition coefficient (Wildman–Crippen LogP) is 2.60. The van der Waals surface area contributed by atoms with Gasteiger partial charge in [-0.25, -0.2) is 0 Å². The second-order valence-electron chi connectivity index (χ2n) is 4.59. The van der Waals surface area contributed by atoms with Crippen molar-refractivity contribution in [2.75, 3.05) is 5.73 Å². The first-order valence-corrected chi connectivity index (χ1v) is 5.82. The zero-order chi connectivity index (χ0) is 12.7. The van der Waals surface area contributed by atoms with E-state index in [2.05, 4.69) is 42.2 Å². The van der Waals surface area contributed by atoms with E-state index in [9.17, 15) is 0 Å². The summed E-state index contributed by atoms with van der Waals surface area (Å²) in [5, 5.41) is 8.40. The van der Waals surface area contributed by atoms with Crippen molar-refractivity contribution in [2.24, 2.45) is 0 Å². The zero-order valence-electron chi connectivity index (χ0n) is 10.4. The molecule has 2 N–H and O–H groups in total. The van der Waals surface area contributed by atoms with Gasteiger partial charge in [0.25, 0.3) is 0 Å². The number of benzene rings is 1. The standard InChI is InChI=1S/C14H14N4/c1-9-5-10(2)7-11(6-9)14-17-16-13-4-3-12(15)8-18(13)14/h3-8H,15H2,1-2H3. The van der Waals surface area contributed by atoms with E-state index in [1.807, 2.05) is 22.7 Å². The minimum Gasteiger partial charge on any atom is -0.398 e. The van der Waals surface area contributed by atoms with Gasteiger partial charge >= 0.3 is 0 Å². The Morgan fingerprint density at radius 3 is 2.44 bits per heavy atom. The van der Waals surface area contributed by atoms with Gasteiger partial charge in [0, 0.05) is 17.4 Å². The predicted molar refractivity (Wildman–Crippen MR) is 72.3 cm³/mol. The first-order valence-electron chi connectivity index (χ1n) is 5.82. The molecule has 0 aliphatic heterocycles. The number of aromatic nitrogens is 3. The van der Waals surface area contributed by atoms with Crippen LogP contribution in [0.3, 0.4) is 0 Å². The van der Waals surface area contributed by atoms with Gasteiger partial charge in [-0.2, -0.15) is 0 Å². The SMILES string of the molecule is Cc1cc(C)cc(-c2nnc3ccc(N)cn23)c1. The average molecular weight is 238 g/mol. The first-order chi connectivity index (χ1) is 8.63. The minimum atomic E-state index is 0.702. The first kappa shape index (κ1) is 10.8. The molecule has 0 saturated heterocycles. The Morgan fingerprint density at radius 1 is 1.00 bits per heavy atom.